The Morgan fingerprint density at radius 2 is 1.95 bits per heavy atom. The zero-order chi connectivity index (χ0) is 15.0. The van der Waals surface area contributed by atoms with Gasteiger partial charge in [-0.2, -0.15) is 0 Å². The minimum Gasteiger partial charge on any atom is -0.495 e. The van der Waals surface area contributed by atoms with Crippen LogP contribution in [0.15, 0.2) is 23.1 Å². The number of methoxy groups -OCH3 is 1. The van der Waals surface area contributed by atoms with Gasteiger partial charge in [0.15, 0.2) is 0 Å². The van der Waals surface area contributed by atoms with E-state index in [2.05, 4.69) is 4.72 Å². The summed E-state index contributed by atoms with van der Waals surface area (Å²) in [4.78, 5) is -0.190. The van der Waals surface area contributed by atoms with Crippen molar-refractivity contribution in [3.05, 3.63) is 18.2 Å². The van der Waals surface area contributed by atoms with Crippen LogP contribution in [-0.2, 0) is 20.0 Å². The van der Waals surface area contributed by atoms with Gasteiger partial charge in [-0.3, -0.25) is 4.72 Å². The summed E-state index contributed by atoms with van der Waals surface area (Å²) < 4.78 is 53.6. The summed E-state index contributed by atoms with van der Waals surface area (Å²) in [5, 5.41) is 5.04. The molecule has 1 aromatic carbocycles. The van der Waals surface area contributed by atoms with Gasteiger partial charge in [0.25, 0.3) is 0 Å². The fourth-order valence-electron chi connectivity index (χ4n) is 1.78. The van der Waals surface area contributed by atoms with Crippen molar-refractivity contribution in [2.24, 2.45) is 11.1 Å². The molecule has 3 N–H and O–H groups in total. The third kappa shape index (κ3) is 3.84. The van der Waals surface area contributed by atoms with Crippen LogP contribution < -0.4 is 14.6 Å². The average Bonchev–Trinajstić information content (AvgIpc) is 3.09. The highest BCUT2D eigenvalue weighted by Gasteiger charge is 2.28. The van der Waals surface area contributed by atoms with Crippen LogP contribution in [0.5, 0.6) is 5.75 Å². The quantitative estimate of drug-likeness (QED) is 0.791. The van der Waals surface area contributed by atoms with Crippen molar-refractivity contribution in [2.45, 2.75) is 17.7 Å². The van der Waals surface area contributed by atoms with E-state index in [1.165, 1.54) is 25.3 Å². The molecule has 0 radical (unpaired) electrons. The fourth-order valence-corrected chi connectivity index (χ4v) is 3.99. The molecule has 112 valence electrons. The van der Waals surface area contributed by atoms with E-state index in [4.69, 9.17) is 9.88 Å². The smallest absolute Gasteiger partial charge is 0.241 e. The third-order valence-electron chi connectivity index (χ3n) is 2.90. The first-order chi connectivity index (χ1) is 9.21. The monoisotopic (exact) mass is 320 g/mol. The summed E-state index contributed by atoms with van der Waals surface area (Å²) in [6.07, 6.45) is 1.85. The highest BCUT2D eigenvalue weighted by molar-refractivity contribution is 7.92. The number of primary sulfonamides is 1. The molecule has 9 heteroatoms. The Balaban J connectivity index is 2.25. The van der Waals surface area contributed by atoms with Crippen molar-refractivity contribution < 1.29 is 21.6 Å². The molecule has 0 aliphatic heterocycles. The Morgan fingerprint density at radius 1 is 1.30 bits per heavy atom. The predicted octanol–water partition coefficient (Wildman–Crippen LogP) is 0.494. The molecule has 1 aliphatic rings. The number of ether oxygens (including phenoxy) is 1. The lowest BCUT2D eigenvalue weighted by molar-refractivity contribution is 0.403. The minimum atomic E-state index is -3.92. The Labute approximate surface area is 118 Å². The molecule has 1 aliphatic carbocycles. The van der Waals surface area contributed by atoms with E-state index < -0.39 is 20.0 Å². The second-order valence-corrected chi connectivity index (χ2v) is 8.03. The van der Waals surface area contributed by atoms with Gasteiger partial charge in [-0.15, -0.1) is 0 Å². The first kappa shape index (κ1) is 15.1. The number of rotatable bonds is 6. The molecule has 0 aromatic heterocycles. The molecule has 0 spiro atoms. The van der Waals surface area contributed by atoms with Gasteiger partial charge in [0.2, 0.25) is 20.0 Å². The second kappa shape index (κ2) is 5.23. The van der Waals surface area contributed by atoms with Crippen LogP contribution >= 0.6 is 0 Å². The van der Waals surface area contributed by atoms with Crippen molar-refractivity contribution in [3.63, 3.8) is 0 Å². The van der Waals surface area contributed by atoms with Crippen molar-refractivity contribution in [2.75, 3.05) is 17.6 Å². The lowest BCUT2D eigenvalue weighted by Gasteiger charge is -2.11. The zero-order valence-electron chi connectivity index (χ0n) is 10.9. The van der Waals surface area contributed by atoms with Crippen LogP contribution in [0.2, 0.25) is 0 Å². The Kier molecular flexibility index (Phi) is 3.94. The highest BCUT2D eigenvalue weighted by atomic mass is 32.2. The second-order valence-electron chi connectivity index (χ2n) is 4.74. The van der Waals surface area contributed by atoms with Crippen molar-refractivity contribution in [1.82, 2.24) is 0 Å². The number of nitrogens with two attached hydrogens (primary N) is 1. The molecular formula is C11H16N2O5S2. The van der Waals surface area contributed by atoms with E-state index in [9.17, 15) is 16.8 Å². The number of benzene rings is 1. The number of hydrogen-bond donors (Lipinski definition) is 2. The number of nitrogens with one attached hydrogen (secondary N) is 1. The van der Waals surface area contributed by atoms with Gasteiger partial charge in [0, 0.05) is 6.07 Å². The van der Waals surface area contributed by atoms with E-state index in [0.29, 0.717) is 0 Å². The average molecular weight is 320 g/mol. The van der Waals surface area contributed by atoms with Crippen molar-refractivity contribution in [3.8, 4) is 5.75 Å². The molecule has 1 aromatic rings. The Hall–Kier alpha value is -1.32. The summed E-state index contributed by atoms with van der Waals surface area (Å²) in [5.74, 6) is 0.295. The normalized spacial score (nSPS) is 15.9. The third-order valence-corrected chi connectivity index (χ3v) is 5.30. The number of sulfonamides is 2. The molecule has 0 heterocycles. The van der Waals surface area contributed by atoms with Crippen LogP contribution in [0, 0.1) is 5.92 Å². The summed E-state index contributed by atoms with van der Waals surface area (Å²) in [5.41, 5.74) is 0.245. The predicted molar refractivity (Wildman–Crippen MR) is 74.5 cm³/mol. The molecule has 0 atom stereocenters. The highest BCUT2D eigenvalue weighted by Crippen LogP contribution is 2.31. The van der Waals surface area contributed by atoms with E-state index in [1.807, 2.05) is 0 Å². The first-order valence-electron chi connectivity index (χ1n) is 5.92. The van der Waals surface area contributed by atoms with Crippen LogP contribution in [0.3, 0.4) is 0 Å². The Morgan fingerprint density at radius 3 is 2.45 bits per heavy atom. The van der Waals surface area contributed by atoms with Crippen LogP contribution in [0.4, 0.5) is 5.69 Å². The summed E-state index contributed by atoms with van der Waals surface area (Å²) >= 11 is 0. The standard InChI is InChI=1S/C11H16N2O5S2/c1-18-10-6-9(4-5-11(10)20(12,16)17)13-19(14,15)7-8-2-3-8/h4-6,8,13H,2-3,7H2,1H3,(H2,12,16,17). The molecular weight excluding hydrogens is 304 g/mol. The largest absolute Gasteiger partial charge is 0.495 e. The first-order valence-corrected chi connectivity index (χ1v) is 9.12. The maximum atomic E-state index is 11.8. The zero-order valence-corrected chi connectivity index (χ0v) is 12.5. The molecule has 0 unspecified atom stereocenters. The SMILES string of the molecule is COc1cc(NS(=O)(=O)CC2CC2)ccc1S(N)(=O)=O. The summed E-state index contributed by atoms with van der Waals surface area (Å²) in [6.45, 7) is 0. The molecule has 0 amide bonds. The van der Waals surface area contributed by atoms with Gasteiger partial charge >= 0.3 is 0 Å². The molecule has 1 fully saturated rings. The molecule has 1 saturated carbocycles. The van der Waals surface area contributed by atoms with E-state index in [1.54, 1.807) is 0 Å². The van der Waals surface area contributed by atoms with Crippen molar-refractivity contribution >= 4 is 25.7 Å². The van der Waals surface area contributed by atoms with E-state index >= 15 is 0 Å². The van der Waals surface area contributed by atoms with Crippen LogP contribution in [0.25, 0.3) is 0 Å². The maximum absolute atomic E-state index is 11.8. The van der Waals surface area contributed by atoms with Gasteiger partial charge in [-0.05, 0) is 30.9 Å². The lowest BCUT2D eigenvalue weighted by Crippen LogP contribution is -2.18. The summed E-state index contributed by atoms with van der Waals surface area (Å²) in [6, 6.07) is 3.85. The maximum Gasteiger partial charge on any atom is 0.241 e. The Bertz CT molecular complexity index is 708. The number of hydrogen-bond acceptors (Lipinski definition) is 5. The van der Waals surface area contributed by atoms with E-state index in [0.717, 1.165) is 12.8 Å². The molecule has 0 bridgehead atoms. The van der Waals surface area contributed by atoms with Gasteiger partial charge in [-0.1, -0.05) is 0 Å². The molecule has 20 heavy (non-hydrogen) atoms. The van der Waals surface area contributed by atoms with Crippen molar-refractivity contribution in [1.29, 1.82) is 0 Å². The van der Waals surface area contributed by atoms with Gasteiger partial charge in [0.05, 0.1) is 18.6 Å². The minimum absolute atomic E-state index is 0.000813. The molecule has 7 nitrogen and oxygen atoms in total. The van der Waals surface area contributed by atoms with Crippen LogP contribution in [0.1, 0.15) is 12.8 Å². The van der Waals surface area contributed by atoms with Gasteiger partial charge < -0.3 is 4.74 Å². The lowest BCUT2D eigenvalue weighted by atomic mass is 10.3. The van der Waals surface area contributed by atoms with E-state index in [-0.39, 0.29) is 28.0 Å². The fraction of sp³-hybridized carbons (Fsp3) is 0.455. The van der Waals surface area contributed by atoms with Gasteiger partial charge in [0.1, 0.15) is 10.6 Å². The molecule has 0 saturated heterocycles. The number of anilines is 1. The van der Waals surface area contributed by atoms with Gasteiger partial charge in [-0.25, -0.2) is 22.0 Å². The molecule has 2 rings (SSSR count). The topological polar surface area (TPSA) is 116 Å². The summed E-state index contributed by atoms with van der Waals surface area (Å²) in [7, 11) is -6.06. The van der Waals surface area contributed by atoms with Crippen LogP contribution in [-0.4, -0.2) is 29.7 Å².